The van der Waals surface area contributed by atoms with Crippen molar-refractivity contribution < 1.29 is 4.39 Å². The van der Waals surface area contributed by atoms with Crippen LogP contribution in [0.1, 0.15) is 18.4 Å². The number of nitrogens with zero attached hydrogens (tertiary/aromatic N) is 3. The Morgan fingerprint density at radius 1 is 1.11 bits per heavy atom. The van der Waals surface area contributed by atoms with Crippen LogP contribution in [0.25, 0.3) is 22.3 Å². The third kappa shape index (κ3) is 2.82. The van der Waals surface area contributed by atoms with Gasteiger partial charge in [-0.3, -0.25) is 0 Å². The van der Waals surface area contributed by atoms with E-state index in [2.05, 4.69) is 37.4 Å². The quantitative estimate of drug-likeness (QED) is 0.494. The van der Waals surface area contributed by atoms with E-state index < -0.39 is 5.95 Å². The van der Waals surface area contributed by atoms with Crippen LogP contribution in [0.5, 0.6) is 0 Å². The molecule has 2 N–H and O–H groups in total. The maximum atomic E-state index is 14.4. The van der Waals surface area contributed by atoms with Crippen molar-refractivity contribution in [1.82, 2.24) is 19.9 Å². The zero-order chi connectivity index (χ0) is 18.4. The van der Waals surface area contributed by atoms with Crippen LogP contribution in [-0.4, -0.2) is 19.9 Å². The van der Waals surface area contributed by atoms with Gasteiger partial charge in [-0.15, -0.1) is 0 Å². The number of aromatic nitrogens is 4. The van der Waals surface area contributed by atoms with Crippen LogP contribution < -0.4 is 5.32 Å². The average molecular weight is 380 g/mol. The van der Waals surface area contributed by atoms with Crippen molar-refractivity contribution in [1.29, 1.82) is 0 Å². The lowest BCUT2D eigenvalue weighted by atomic mass is 10.0. The minimum absolute atomic E-state index is 0.230. The first-order valence-corrected chi connectivity index (χ1v) is 9.02. The topological polar surface area (TPSA) is 66.5 Å². The van der Waals surface area contributed by atoms with Crippen molar-refractivity contribution in [3.8, 4) is 11.1 Å². The van der Waals surface area contributed by atoms with Gasteiger partial charge in [0.25, 0.3) is 0 Å². The largest absolute Gasteiger partial charge is 0.372 e. The van der Waals surface area contributed by atoms with Crippen molar-refractivity contribution in [3.05, 3.63) is 71.7 Å². The van der Waals surface area contributed by atoms with Gasteiger partial charge in [-0.05, 0) is 24.5 Å². The van der Waals surface area contributed by atoms with Gasteiger partial charge in [0.05, 0.1) is 17.4 Å². The number of H-pyrrole nitrogens is 1. The highest BCUT2D eigenvalue weighted by atomic mass is 35.5. The molecule has 0 amide bonds. The molecule has 0 radical (unpaired) electrons. The first-order chi connectivity index (χ1) is 13.1. The SMILES string of the molecule is Fc1ncc(-c2c[nH]c3ncc(Cl)nc23)cc1NC1(c2ccccc2)CC1. The van der Waals surface area contributed by atoms with Crippen molar-refractivity contribution in [2.75, 3.05) is 5.32 Å². The summed E-state index contributed by atoms with van der Waals surface area (Å²) in [6.45, 7) is 0. The van der Waals surface area contributed by atoms with Gasteiger partial charge in [0.1, 0.15) is 10.7 Å². The van der Waals surface area contributed by atoms with Gasteiger partial charge in [-0.1, -0.05) is 41.9 Å². The summed E-state index contributed by atoms with van der Waals surface area (Å²) in [4.78, 5) is 15.6. The van der Waals surface area contributed by atoms with Crippen LogP contribution in [-0.2, 0) is 5.54 Å². The minimum Gasteiger partial charge on any atom is -0.372 e. The Morgan fingerprint density at radius 3 is 2.70 bits per heavy atom. The summed E-state index contributed by atoms with van der Waals surface area (Å²) in [5.41, 5.74) is 4.07. The van der Waals surface area contributed by atoms with Crippen LogP contribution in [0.2, 0.25) is 5.15 Å². The number of benzene rings is 1. The highest BCUT2D eigenvalue weighted by molar-refractivity contribution is 6.29. The van der Waals surface area contributed by atoms with Crippen LogP contribution >= 0.6 is 11.6 Å². The molecule has 1 aromatic carbocycles. The second-order valence-electron chi connectivity index (χ2n) is 6.73. The van der Waals surface area contributed by atoms with Gasteiger partial charge in [0.15, 0.2) is 5.65 Å². The molecule has 3 heterocycles. The van der Waals surface area contributed by atoms with Gasteiger partial charge < -0.3 is 10.3 Å². The Morgan fingerprint density at radius 2 is 1.93 bits per heavy atom. The number of nitrogens with one attached hydrogen (secondary N) is 2. The zero-order valence-electron chi connectivity index (χ0n) is 14.2. The van der Waals surface area contributed by atoms with E-state index >= 15 is 0 Å². The molecule has 1 fully saturated rings. The van der Waals surface area contributed by atoms with E-state index in [-0.39, 0.29) is 5.54 Å². The van der Waals surface area contributed by atoms with Crippen LogP contribution in [0, 0.1) is 5.95 Å². The molecule has 0 aliphatic heterocycles. The predicted octanol–water partition coefficient (Wildman–Crippen LogP) is 4.91. The molecule has 0 atom stereocenters. The second-order valence-corrected chi connectivity index (χ2v) is 7.12. The first kappa shape index (κ1) is 16.2. The number of fused-ring (bicyclic) bond motifs is 1. The summed E-state index contributed by atoms with van der Waals surface area (Å²) >= 11 is 5.98. The zero-order valence-corrected chi connectivity index (χ0v) is 15.0. The molecule has 0 bridgehead atoms. The van der Waals surface area contributed by atoms with Gasteiger partial charge >= 0.3 is 0 Å². The molecule has 0 saturated heterocycles. The van der Waals surface area contributed by atoms with Gasteiger partial charge in [-0.25, -0.2) is 15.0 Å². The van der Waals surface area contributed by atoms with Crippen molar-refractivity contribution in [3.63, 3.8) is 0 Å². The third-order valence-corrected chi connectivity index (χ3v) is 5.13. The van der Waals surface area contributed by atoms with Crippen LogP contribution in [0.3, 0.4) is 0 Å². The average Bonchev–Trinajstić information content (AvgIpc) is 3.36. The molecule has 134 valence electrons. The molecule has 27 heavy (non-hydrogen) atoms. The normalized spacial score (nSPS) is 15.0. The number of pyridine rings is 1. The standard InChI is InChI=1S/C20H15ClFN5/c21-16-11-25-19-17(26-16)14(10-24-19)12-8-15(18(22)23-9-12)27-20(6-7-20)13-4-2-1-3-5-13/h1-5,8-11,27H,6-7H2,(H,24,25). The third-order valence-electron chi connectivity index (χ3n) is 4.95. The summed E-state index contributed by atoms with van der Waals surface area (Å²) in [7, 11) is 0. The predicted molar refractivity (Wildman–Crippen MR) is 103 cm³/mol. The highest BCUT2D eigenvalue weighted by Gasteiger charge is 2.44. The summed E-state index contributed by atoms with van der Waals surface area (Å²) in [6.07, 6.45) is 6.66. The maximum Gasteiger partial charge on any atom is 0.236 e. The Labute approximate surface area is 159 Å². The van der Waals surface area contributed by atoms with Crippen molar-refractivity contribution in [2.45, 2.75) is 18.4 Å². The molecule has 4 aromatic rings. The minimum atomic E-state index is -0.523. The fourth-order valence-corrected chi connectivity index (χ4v) is 3.53. The van der Waals surface area contributed by atoms with E-state index in [1.165, 1.54) is 12.4 Å². The van der Waals surface area contributed by atoms with E-state index in [1.54, 1.807) is 12.3 Å². The van der Waals surface area contributed by atoms with E-state index in [0.717, 1.165) is 29.5 Å². The number of halogens is 2. The van der Waals surface area contributed by atoms with Gasteiger partial charge in [0, 0.05) is 23.5 Å². The van der Waals surface area contributed by atoms with E-state index in [1.807, 2.05) is 18.2 Å². The molecule has 1 aliphatic rings. The van der Waals surface area contributed by atoms with Gasteiger partial charge in [0.2, 0.25) is 5.95 Å². The molecule has 3 aromatic heterocycles. The Balaban J connectivity index is 1.55. The maximum absolute atomic E-state index is 14.4. The molecular formula is C20H15ClFN5. The van der Waals surface area contributed by atoms with E-state index in [9.17, 15) is 4.39 Å². The molecule has 1 aliphatic carbocycles. The Hall–Kier alpha value is -2.99. The molecule has 0 unspecified atom stereocenters. The Kier molecular flexibility index (Phi) is 3.62. The van der Waals surface area contributed by atoms with Crippen molar-refractivity contribution >= 4 is 28.5 Å². The van der Waals surface area contributed by atoms with E-state index in [0.29, 0.717) is 22.0 Å². The molecule has 5 nitrogen and oxygen atoms in total. The highest BCUT2D eigenvalue weighted by Crippen LogP contribution is 2.48. The summed E-state index contributed by atoms with van der Waals surface area (Å²) in [5, 5.41) is 3.67. The number of aromatic amines is 1. The fraction of sp³-hybridized carbons (Fsp3) is 0.150. The summed E-state index contributed by atoms with van der Waals surface area (Å²) in [6, 6.07) is 11.9. The number of hydrogen-bond donors (Lipinski definition) is 2. The lowest BCUT2D eigenvalue weighted by Crippen LogP contribution is -2.19. The summed E-state index contributed by atoms with van der Waals surface area (Å²) < 4.78 is 14.4. The lowest BCUT2D eigenvalue weighted by Gasteiger charge is -2.20. The fourth-order valence-electron chi connectivity index (χ4n) is 3.40. The molecular weight excluding hydrogens is 365 g/mol. The molecule has 7 heteroatoms. The first-order valence-electron chi connectivity index (χ1n) is 8.64. The smallest absolute Gasteiger partial charge is 0.236 e. The van der Waals surface area contributed by atoms with Crippen molar-refractivity contribution in [2.24, 2.45) is 0 Å². The van der Waals surface area contributed by atoms with Crippen LogP contribution in [0.4, 0.5) is 10.1 Å². The molecule has 0 spiro atoms. The van der Waals surface area contributed by atoms with Gasteiger partial charge in [-0.2, -0.15) is 4.39 Å². The second kappa shape index (κ2) is 6.03. The monoisotopic (exact) mass is 379 g/mol. The Bertz CT molecular complexity index is 1140. The number of rotatable bonds is 4. The lowest BCUT2D eigenvalue weighted by molar-refractivity contribution is 0.583. The number of hydrogen-bond acceptors (Lipinski definition) is 4. The molecule has 5 rings (SSSR count). The molecule has 1 saturated carbocycles. The van der Waals surface area contributed by atoms with E-state index in [4.69, 9.17) is 11.6 Å². The summed E-state index contributed by atoms with van der Waals surface area (Å²) in [5.74, 6) is -0.523. The van der Waals surface area contributed by atoms with Crippen LogP contribution in [0.15, 0.2) is 55.0 Å². The number of anilines is 1.